The van der Waals surface area contributed by atoms with E-state index < -0.39 is 0 Å². The number of fused-ring (bicyclic) bond motifs is 1. The second-order valence-corrected chi connectivity index (χ2v) is 5.95. The van der Waals surface area contributed by atoms with Gasteiger partial charge in [0.1, 0.15) is 0 Å². The van der Waals surface area contributed by atoms with Crippen LogP contribution in [0.25, 0.3) is 0 Å². The molecule has 1 N–H and O–H groups in total. The van der Waals surface area contributed by atoms with Gasteiger partial charge in [-0.15, -0.1) is 0 Å². The number of amides is 1. The molecule has 0 unspecified atom stereocenters. The van der Waals surface area contributed by atoms with Crippen LogP contribution in [-0.2, 0) is 6.42 Å². The smallest absolute Gasteiger partial charge is 0.267 e. The summed E-state index contributed by atoms with van der Waals surface area (Å²) in [4.78, 5) is 12.1. The van der Waals surface area contributed by atoms with Crippen LogP contribution >= 0.6 is 23.2 Å². The first-order valence-corrected chi connectivity index (χ1v) is 7.81. The Labute approximate surface area is 138 Å². The fourth-order valence-corrected chi connectivity index (χ4v) is 2.84. The van der Waals surface area contributed by atoms with Gasteiger partial charge in [-0.05, 0) is 43.0 Å². The number of hydrogen-bond acceptors (Lipinski definition) is 2. The highest BCUT2D eigenvalue weighted by atomic mass is 35.5. The van der Waals surface area contributed by atoms with E-state index in [2.05, 4.69) is 16.6 Å². The summed E-state index contributed by atoms with van der Waals surface area (Å²) in [5.41, 5.74) is 6.34. The number of halogens is 2. The number of aryl methyl sites for hydroxylation is 1. The van der Waals surface area contributed by atoms with Gasteiger partial charge in [-0.25, -0.2) is 5.43 Å². The van der Waals surface area contributed by atoms with Crippen LogP contribution < -0.4 is 5.43 Å². The van der Waals surface area contributed by atoms with Gasteiger partial charge in [0.05, 0.1) is 15.8 Å². The molecular formula is C17H14Cl2N2O. The van der Waals surface area contributed by atoms with Crippen molar-refractivity contribution in [2.75, 3.05) is 0 Å². The molecule has 1 aliphatic carbocycles. The summed E-state index contributed by atoms with van der Waals surface area (Å²) in [5.74, 6) is -0.297. The van der Waals surface area contributed by atoms with E-state index in [1.165, 1.54) is 11.6 Å². The summed E-state index contributed by atoms with van der Waals surface area (Å²) in [7, 11) is 0. The molecule has 0 aliphatic heterocycles. The minimum atomic E-state index is -0.297. The van der Waals surface area contributed by atoms with E-state index in [-0.39, 0.29) is 5.91 Å². The van der Waals surface area contributed by atoms with Crippen molar-refractivity contribution >= 4 is 34.8 Å². The maximum atomic E-state index is 12.1. The standard InChI is InChI=1S/C17H14Cl2N2O/c18-14-9-8-12(10-15(14)19)17(22)21-20-16-7-3-5-11-4-1-2-6-13(11)16/h1-2,4,6,8-10H,3,5,7H2,(H,21,22). The van der Waals surface area contributed by atoms with Gasteiger partial charge in [-0.1, -0.05) is 47.5 Å². The fraction of sp³-hybridized carbons (Fsp3) is 0.176. The number of carbonyl (C=O) groups is 1. The van der Waals surface area contributed by atoms with Crippen LogP contribution in [0, 0.1) is 0 Å². The van der Waals surface area contributed by atoms with Gasteiger partial charge in [0, 0.05) is 11.1 Å². The van der Waals surface area contributed by atoms with Gasteiger partial charge in [0.25, 0.3) is 5.91 Å². The Morgan fingerprint density at radius 3 is 2.68 bits per heavy atom. The van der Waals surface area contributed by atoms with Crippen molar-refractivity contribution in [1.82, 2.24) is 5.43 Å². The monoisotopic (exact) mass is 332 g/mol. The largest absolute Gasteiger partial charge is 0.271 e. The molecule has 2 aromatic carbocycles. The van der Waals surface area contributed by atoms with Crippen LogP contribution in [-0.4, -0.2) is 11.6 Å². The molecule has 0 saturated carbocycles. The Bertz CT molecular complexity index is 756. The van der Waals surface area contributed by atoms with Gasteiger partial charge in [0.15, 0.2) is 0 Å². The Morgan fingerprint density at radius 2 is 1.86 bits per heavy atom. The van der Waals surface area contributed by atoms with Gasteiger partial charge in [-0.3, -0.25) is 4.79 Å². The molecule has 3 rings (SSSR count). The van der Waals surface area contributed by atoms with Crippen LogP contribution in [0.4, 0.5) is 0 Å². The van der Waals surface area contributed by atoms with E-state index in [1.54, 1.807) is 12.1 Å². The molecule has 0 aromatic heterocycles. The molecule has 0 atom stereocenters. The van der Waals surface area contributed by atoms with E-state index in [9.17, 15) is 4.79 Å². The molecule has 2 aromatic rings. The number of nitrogens with zero attached hydrogens (tertiary/aromatic N) is 1. The number of benzene rings is 2. The summed E-state index contributed by atoms with van der Waals surface area (Å²) in [6, 6.07) is 12.9. The summed E-state index contributed by atoms with van der Waals surface area (Å²) in [6.45, 7) is 0. The Balaban J connectivity index is 1.79. The van der Waals surface area contributed by atoms with Gasteiger partial charge in [-0.2, -0.15) is 5.10 Å². The molecule has 0 fully saturated rings. The van der Waals surface area contributed by atoms with E-state index in [0.717, 1.165) is 30.5 Å². The molecule has 0 radical (unpaired) electrons. The molecule has 0 spiro atoms. The van der Waals surface area contributed by atoms with E-state index in [1.807, 2.05) is 18.2 Å². The molecule has 3 nitrogen and oxygen atoms in total. The first-order chi connectivity index (χ1) is 10.6. The van der Waals surface area contributed by atoms with Gasteiger partial charge in [0.2, 0.25) is 0 Å². The predicted molar refractivity (Wildman–Crippen MR) is 89.8 cm³/mol. The fourth-order valence-electron chi connectivity index (χ4n) is 2.54. The third kappa shape index (κ3) is 3.16. The number of carbonyl (C=O) groups excluding carboxylic acids is 1. The topological polar surface area (TPSA) is 41.5 Å². The SMILES string of the molecule is O=C(NN=C1CCCc2ccccc21)c1ccc(Cl)c(Cl)c1. The van der Waals surface area contributed by atoms with Gasteiger partial charge >= 0.3 is 0 Å². The van der Waals surface area contributed by atoms with E-state index in [0.29, 0.717) is 15.6 Å². The van der Waals surface area contributed by atoms with Crippen LogP contribution in [0.3, 0.4) is 0 Å². The summed E-state index contributed by atoms with van der Waals surface area (Å²) < 4.78 is 0. The molecule has 1 amide bonds. The molecule has 5 heteroatoms. The minimum absolute atomic E-state index is 0.297. The average molecular weight is 333 g/mol. The van der Waals surface area contributed by atoms with Crippen molar-refractivity contribution < 1.29 is 4.79 Å². The van der Waals surface area contributed by atoms with Crippen molar-refractivity contribution in [2.45, 2.75) is 19.3 Å². The number of nitrogens with one attached hydrogen (secondary N) is 1. The first-order valence-electron chi connectivity index (χ1n) is 7.05. The highest BCUT2D eigenvalue weighted by Gasteiger charge is 2.15. The quantitative estimate of drug-likeness (QED) is 0.810. The van der Waals surface area contributed by atoms with Crippen molar-refractivity contribution in [1.29, 1.82) is 0 Å². The summed E-state index contributed by atoms with van der Waals surface area (Å²) >= 11 is 11.8. The first kappa shape index (κ1) is 15.1. The zero-order chi connectivity index (χ0) is 15.5. The van der Waals surface area contributed by atoms with E-state index >= 15 is 0 Å². The number of hydrogen-bond donors (Lipinski definition) is 1. The zero-order valence-electron chi connectivity index (χ0n) is 11.8. The van der Waals surface area contributed by atoms with Crippen LogP contribution in [0.2, 0.25) is 10.0 Å². The number of rotatable bonds is 2. The van der Waals surface area contributed by atoms with Crippen LogP contribution in [0.1, 0.15) is 34.3 Å². The zero-order valence-corrected chi connectivity index (χ0v) is 13.3. The van der Waals surface area contributed by atoms with E-state index in [4.69, 9.17) is 23.2 Å². The van der Waals surface area contributed by atoms with Crippen molar-refractivity contribution in [2.24, 2.45) is 5.10 Å². The average Bonchev–Trinajstić information content (AvgIpc) is 2.55. The second kappa shape index (κ2) is 6.51. The lowest BCUT2D eigenvalue weighted by molar-refractivity contribution is 0.0954. The van der Waals surface area contributed by atoms with Gasteiger partial charge < -0.3 is 0 Å². The van der Waals surface area contributed by atoms with Crippen LogP contribution in [0.5, 0.6) is 0 Å². The highest BCUT2D eigenvalue weighted by Crippen LogP contribution is 2.23. The Morgan fingerprint density at radius 1 is 1.05 bits per heavy atom. The predicted octanol–water partition coefficient (Wildman–Crippen LogP) is 4.46. The summed E-state index contributed by atoms with van der Waals surface area (Å²) in [5, 5.41) is 5.07. The lowest BCUT2D eigenvalue weighted by atomic mass is 9.90. The Kier molecular flexibility index (Phi) is 4.46. The third-order valence-corrected chi connectivity index (χ3v) is 4.40. The second-order valence-electron chi connectivity index (χ2n) is 5.14. The molecule has 0 saturated heterocycles. The Hall–Kier alpha value is -1.84. The molecular weight excluding hydrogens is 319 g/mol. The third-order valence-electron chi connectivity index (χ3n) is 3.66. The maximum absolute atomic E-state index is 12.1. The normalized spacial score (nSPS) is 15.5. The molecule has 112 valence electrons. The molecule has 1 aliphatic rings. The molecule has 0 heterocycles. The highest BCUT2D eigenvalue weighted by molar-refractivity contribution is 6.42. The lowest BCUT2D eigenvalue weighted by Gasteiger charge is -2.17. The van der Waals surface area contributed by atoms with Crippen molar-refractivity contribution in [3.05, 3.63) is 69.2 Å². The van der Waals surface area contributed by atoms with Crippen molar-refractivity contribution in [3.63, 3.8) is 0 Å². The van der Waals surface area contributed by atoms with Crippen molar-refractivity contribution in [3.8, 4) is 0 Å². The lowest BCUT2D eigenvalue weighted by Crippen LogP contribution is -2.22. The molecule has 0 bridgehead atoms. The molecule has 22 heavy (non-hydrogen) atoms. The summed E-state index contributed by atoms with van der Waals surface area (Å²) in [6.07, 6.45) is 2.95. The minimum Gasteiger partial charge on any atom is -0.267 e. The maximum Gasteiger partial charge on any atom is 0.271 e. The van der Waals surface area contributed by atoms with Crippen LogP contribution in [0.15, 0.2) is 47.6 Å². The number of hydrazone groups is 1.